The first kappa shape index (κ1) is 13.5. The number of hydrogen-bond acceptors (Lipinski definition) is 3. The van der Waals surface area contributed by atoms with Gasteiger partial charge in [-0.3, -0.25) is 0 Å². The van der Waals surface area contributed by atoms with Gasteiger partial charge in [-0.2, -0.15) is 0 Å². The van der Waals surface area contributed by atoms with Crippen molar-refractivity contribution in [2.75, 3.05) is 6.54 Å². The molecule has 2 aromatic rings. The maximum absolute atomic E-state index is 11.9. The smallest absolute Gasteiger partial charge is 0.135 e. The van der Waals surface area contributed by atoms with E-state index in [1.165, 1.54) is 11.3 Å². The summed E-state index contributed by atoms with van der Waals surface area (Å²) in [4.78, 5) is 0. The fourth-order valence-electron chi connectivity index (χ4n) is 2.09. The number of hydrogen-bond donors (Lipinski definition) is 2. The van der Waals surface area contributed by atoms with Gasteiger partial charge in [0.05, 0.1) is 4.34 Å². The molecule has 1 aromatic heterocycles. The van der Waals surface area contributed by atoms with Crippen LogP contribution in [0.5, 0.6) is 0 Å². The second-order valence-electron chi connectivity index (χ2n) is 4.21. The maximum atomic E-state index is 11.9. The van der Waals surface area contributed by atoms with E-state index < -0.39 is 16.6 Å². The van der Waals surface area contributed by atoms with Gasteiger partial charge in [-0.05, 0) is 23.8 Å². The standard InChI is InChI=1S/C12H9Cl2NO2S2/c13-8-3-1-7(2-4-8)12(16)6-15-19(17)11-9(12)5-10(14)18-11/h1-5,15-16H,6H2. The molecule has 2 heterocycles. The Kier molecular flexibility index (Phi) is 3.45. The van der Waals surface area contributed by atoms with Crippen molar-refractivity contribution in [3.05, 3.63) is 50.8 Å². The lowest BCUT2D eigenvalue weighted by atomic mass is 9.88. The Balaban J connectivity index is 2.17. The molecule has 0 bridgehead atoms. The van der Waals surface area contributed by atoms with Crippen molar-refractivity contribution in [3.8, 4) is 0 Å². The van der Waals surface area contributed by atoms with Gasteiger partial charge in [0.2, 0.25) is 0 Å². The van der Waals surface area contributed by atoms with Gasteiger partial charge >= 0.3 is 0 Å². The van der Waals surface area contributed by atoms with Crippen LogP contribution in [0.4, 0.5) is 0 Å². The zero-order chi connectivity index (χ0) is 13.6. The monoisotopic (exact) mass is 333 g/mol. The van der Waals surface area contributed by atoms with Gasteiger partial charge in [0.1, 0.15) is 20.8 Å². The van der Waals surface area contributed by atoms with E-state index in [4.69, 9.17) is 23.2 Å². The van der Waals surface area contributed by atoms with Crippen LogP contribution in [-0.2, 0) is 16.6 Å². The van der Waals surface area contributed by atoms with Crippen LogP contribution in [0.15, 0.2) is 34.5 Å². The van der Waals surface area contributed by atoms with Crippen LogP contribution in [0.3, 0.4) is 0 Å². The van der Waals surface area contributed by atoms with Gasteiger partial charge in [-0.1, -0.05) is 35.3 Å². The summed E-state index contributed by atoms with van der Waals surface area (Å²) in [5, 5.41) is 11.5. The summed E-state index contributed by atoms with van der Waals surface area (Å²) in [6.45, 7) is 0.168. The van der Waals surface area contributed by atoms with Crippen LogP contribution in [0.25, 0.3) is 0 Å². The SMILES string of the molecule is O=S1NCC(O)(c2ccc(Cl)cc2)c2cc(Cl)sc21. The number of fused-ring (bicyclic) bond motifs is 1. The zero-order valence-electron chi connectivity index (χ0n) is 9.52. The molecule has 0 spiro atoms. The summed E-state index contributed by atoms with van der Waals surface area (Å²) in [5.41, 5.74) is 0.0519. The molecule has 2 atom stereocenters. The molecule has 0 saturated carbocycles. The molecule has 3 rings (SSSR count). The summed E-state index contributed by atoms with van der Waals surface area (Å²) in [7, 11) is -1.32. The first-order valence-corrected chi connectivity index (χ1v) is 8.16. The van der Waals surface area contributed by atoms with E-state index in [1.807, 2.05) is 0 Å². The average Bonchev–Trinajstić information content (AvgIpc) is 2.78. The third-order valence-electron chi connectivity index (χ3n) is 3.06. The van der Waals surface area contributed by atoms with Gasteiger partial charge in [0.15, 0.2) is 0 Å². The fraction of sp³-hybridized carbons (Fsp3) is 0.167. The normalized spacial score (nSPS) is 26.2. The van der Waals surface area contributed by atoms with Crippen molar-refractivity contribution in [2.45, 2.75) is 9.81 Å². The van der Waals surface area contributed by atoms with Crippen molar-refractivity contribution in [3.63, 3.8) is 0 Å². The van der Waals surface area contributed by atoms with Crippen LogP contribution >= 0.6 is 34.5 Å². The molecule has 0 saturated heterocycles. The molecular weight excluding hydrogens is 325 g/mol. The molecule has 2 unspecified atom stereocenters. The predicted octanol–water partition coefficient (Wildman–Crippen LogP) is 2.92. The molecule has 0 radical (unpaired) electrons. The van der Waals surface area contributed by atoms with Crippen molar-refractivity contribution in [1.82, 2.24) is 4.72 Å². The average molecular weight is 334 g/mol. The third kappa shape index (κ3) is 2.24. The number of halogens is 2. The van der Waals surface area contributed by atoms with Gasteiger partial charge in [-0.25, -0.2) is 8.93 Å². The highest BCUT2D eigenvalue weighted by atomic mass is 35.5. The molecule has 7 heteroatoms. The molecule has 1 aromatic carbocycles. The maximum Gasteiger partial charge on any atom is 0.135 e. The van der Waals surface area contributed by atoms with E-state index in [0.717, 1.165) is 0 Å². The first-order chi connectivity index (χ1) is 9.00. The Labute approximate surface area is 126 Å². The van der Waals surface area contributed by atoms with E-state index in [1.54, 1.807) is 30.3 Å². The van der Waals surface area contributed by atoms with Crippen LogP contribution in [0, 0.1) is 0 Å². The highest BCUT2D eigenvalue weighted by Crippen LogP contribution is 2.42. The molecule has 100 valence electrons. The summed E-state index contributed by atoms with van der Waals surface area (Å²) >= 11 is 13.1. The Morgan fingerprint density at radius 2 is 2.00 bits per heavy atom. The van der Waals surface area contributed by atoms with Crippen LogP contribution in [0.2, 0.25) is 9.36 Å². The minimum atomic E-state index is -1.32. The first-order valence-electron chi connectivity index (χ1n) is 5.44. The van der Waals surface area contributed by atoms with E-state index in [-0.39, 0.29) is 6.54 Å². The second-order valence-corrected chi connectivity index (χ2v) is 7.82. The van der Waals surface area contributed by atoms with E-state index >= 15 is 0 Å². The lowest BCUT2D eigenvalue weighted by molar-refractivity contribution is 0.0818. The number of nitrogens with one attached hydrogen (secondary N) is 1. The number of aliphatic hydroxyl groups is 1. The predicted molar refractivity (Wildman–Crippen MR) is 78.2 cm³/mol. The topological polar surface area (TPSA) is 49.3 Å². The molecular formula is C12H9Cl2NO2S2. The second kappa shape index (κ2) is 4.84. The summed E-state index contributed by atoms with van der Waals surface area (Å²) in [6.07, 6.45) is 0. The van der Waals surface area contributed by atoms with Crippen molar-refractivity contribution < 1.29 is 9.32 Å². The van der Waals surface area contributed by atoms with Gasteiger partial charge < -0.3 is 5.11 Å². The Bertz CT molecular complexity index is 656. The number of β-amino-alcohol motifs (C(OH)–C–C–N with tert-alkyl or cyclic N) is 1. The van der Waals surface area contributed by atoms with Crippen LogP contribution < -0.4 is 4.72 Å². The van der Waals surface area contributed by atoms with Crippen LogP contribution in [-0.4, -0.2) is 15.9 Å². The molecule has 0 aliphatic carbocycles. The zero-order valence-corrected chi connectivity index (χ0v) is 12.7. The molecule has 0 amide bonds. The molecule has 3 nitrogen and oxygen atoms in total. The van der Waals surface area contributed by atoms with Crippen molar-refractivity contribution in [2.24, 2.45) is 0 Å². The van der Waals surface area contributed by atoms with Gasteiger partial charge in [0.25, 0.3) is 0 Å². The van der Waals surface area contributed by atoms with Crippen molar-refractivity contribution >= 4 is 45.5 Å². The number of rotatable bonds is 1. The minimum absolute atomic E-state index is 0.168. The van der Waals surface area contributed by atoms with Crippen molar-refractivity contribution in [1.29, 1.82) is 0 Å². The Morgan fingerprint density at radius 1 is 1.32 bits per heavy atom. The van der Waals surface area contributed by atoms with E-state index in [9.17, 15) is 9.32 Å². The van der Waals surface area contributed by atoms with Crippen LogP contribution in [0.1, 0.15) is 11.1 Å². The summed E-state index contributed by atoms with van der Waals surface area (Å²) in [6, 6.07) is 8.62. The third-order valence-corrected chi connectivity index (χ3v) is 6.04. The molecule has 1 aliphatic heterocycles. The number of benzene rings is 1. The van der Waals surface area contributed by atoms with E-state index in [0.29, 0.717) is 24.7 Å². The summed E-state index contributed by atoms with van der Waals surface area (Å²) < 4.78 is 15.8. The lowest BCUT2D eigenvalue weighted by Gasteiger charge is -2.32. The highest BCUT2D eigenvalue weighted by molar-refractivity contribution is 7.85. The molecule has 1 aliphatic rings. The van der Waals surface area contributed by atoms with Gasteiger partial charge in [-0.15, -0.1) is 11.3 Å². The lowest BCUT2D eigenvalue weighted by Crippen LogP contribution is -2.44. The molecule has 19 heavy (non-hydrogen) atoms. The summed E-state index contributed by atoms with van der Waals surface area (Å²) in [5.74, 6) is 0. The molecule has 0 fully saturated rings. The number of thiophene rings is 1. The van der Waals surface area contributed by atoms with Gasteiger partial charge in [0, 0.05) is 17.1 Å². The quantitative estimate of drug-likeness (QED) is 0.842. The fourth-order valence-corrected chi connectivity index (χ4v) is 5.03. The highest BCUT2D eigenvalue weighted by Gasteiger charge is 2.40. The van der Waals surface area contributed by atoms with E-state index in [2.05, 4.69) is 4.72 Å². The molecule has 2 N–H and O–H groups in total. The largest absolute Gasteiger partial charge is 0.379 e. The minimum Gasteiger partial charge on any atom is -0.379 e. The Hall–Kier alpha value is -0.430. The Morgan fingerprint density at radius 3 is 2.68 bits per heavy atom.